The van der Waals surface area contributed by atoms with Crippen molar-refractivity contribution in [3.63, 3.8) is 0 Å². The van der Waals surface area contributed by atoms with Gasteiger partial charge in [0.15, 0.2) is 0 Å². The van der Waals surface area contributed by atoms with Crippen LogP contribution in [0.2, 0.25) is 5.02 Å². The van der Waals surface area contributed by atoms with Gasteiger partial charge >= 0.3 is 6.09 Å². The number of likely N-dealkylation sites (N-methyl/N-ethyl adjacent to an activating group) is 1. The Hall–Kier alpha value is -1.88. The maximum atomic E-state index is 14.1. The number of nitrogens with one attached hydrogen (secondary N) is 2. The summed E-state index contributed by atoms with van der Waals surface area (Å²) in [6, 6.07) is 15.2. The molecule has 37 heavy (non-hydrogen) atoms. The third-order valence-corrected chi connectivity index (χ3v) is 8.47. The highest BCUT2D eigenvalue weighted by Crippen LogP contribution is 2.41. The second kappa shape index (κ2) is 14.3. The summed E-state index contributed by atoms with van der Waals surface area (Å²) in [6.45, 7) is 3.37. The predicted molar refractivity (Wildman–Crippen MR) is 155 cm³/mol. The monoisotopic (exact) mass is 641 g/mol. The highest BCUT2D eigenvalue weighted by molar-refractivity contribution is 14.1. The highest BCUT2D eigenvalue weighted by atomic mass is 127. The van der Waals surface area contributed by atoms with Crippen LogP contribution >= 0.6 is 34.2 Å². The van der Waals surface area contributed by atoms with E-state index in [1.807, 2.05) is 55.6 Å². The van der Waals surface area contributed by atoms with E-state index in [9.17, 15) is 9.59 Å². The van der Waals surface area contributed by atoms with Gasteiger partial charge in [-0.05, 0) is 62.2 Å². The topological polar surface area (TPSA) is 79.9 Å². The summed E-state index contributed by atoms with van der Waals surface area (Å²) in [5, 5.41) is 6.47. The van der Waals surface area contributed by atoms with E-state index in [1.54, 1.807) is 0 Å². The minimum atomic E-state index is -0.512. The molecule has 1 unspecified atom stereocenters. The van der Waals surface area contributed by atoms with Crippen molar-refractivity contribution in [3.8, 4) is 0 Å². The Morgan fingerprint density at radius 3 is 2.43 bits per heavy atom. The van der Waals surface area contributed by atoms with Crippen LogP contribution in [0, 0.1) is 0 Å². The van der Waals surface area contributed by atoms with Crippen LogP contribution in [0.3, 0.4) is 0 Å². The Morgan fingerprint density at radius 1 is 1.11 bits per heavy atom. The molecule has 0 spiro atoms. The molecule has 1 saturated carbocycles. The number of rotatable bonds is 11. The standard InChI is InChI=1S/C28H37ClIN3O4/c1-20(19-31-2)33(28(30)13-5-4-6-14-28)26(34)23-11-7-9-21(17-23)25(22-10-8-12-24(29)18-22)37-16-15-32-27(35)36-3/h7-12,17-18,20,25,31H,4-6,13-16,19H2,1-3H3,(H,32,35)/t20?,25-/m0/s1. The molecule has 2 aromatic rings. The first-order valence-corrected chi connectivity index (χ1v) is 14.2. The molecule has 0 aromatic heterocycles. The number of hydrogen-bond donors (Lipinski definition) is 2. The summed E-state index contributed by atoms with van der Waals surface area (Å²) in [6.07, 6.45) is 4.49. The van der Waals surface area contributed by atoms with Crippen LogP contribution in [0.5, 0.6) is 0 Å². The lowest BCUT2D eigenvalue weighted by Crippen LogP contribution is -2.55. The number of ether oxygens (including phenoxy) is 2. The molecule has 3 rings (SSSR count). The molecular formula is C28H37ClIN3O4. The average molecular weight is 642 g/mol. The van der Waals surface area contributed by atoms with Crippen molar-refractivity contribution in [1.82, 2.24) is 15.5 Å². The number of methoxy groups -OCH3 is 1. The van der Waals surface area contributed by atoms with Crippen molar-refractivity contribution < 1.29 is 19.1 Å². The van der Waals surface area contributed by atoms with E-state index in [0.29, 0.717) is 10.6 Å². The smallest absolute Gasteiger partial charge is 0.406 e. The second-order valence-corrected chi connectivity index (χ2v) is 11.9. The molecule has 2 atom stereocenters. The van der Waals surface area contributed by atoms with Crippen molar-refractivity contribution in [1.29, 1.82) is 0 Å². The van der Waals surface area contributed by atoms with Crippen LogP contribution in [-0.4, -0.2) is 60.3 Å². The minimum absolute atomic E-state index is 0.0260. The summed E-state index contributed by atoms with van der Waals surface area (Å²) < 4.78 is 10.6. The van der Waals surface area contributed by atoms with Gasteiger partial charge in [0, 0.05) is 29.7 Å². The van der Waals surface area contributed by atoms with Crippen LogP contribution in [-0.2, 0) is 9.47 Å². The molecule has 9 heteroatoms. The van der Waals surface area contributed by atoms with Gasteiger partial charge in [-0.1, -0.05) is 77.7 Å². The fourth-order valence-corrected chi connectivity index (χ4v) is 6.58. The molecule has 0 bridgehead atoms. The lowest BCUT2D eigenvalue weighted by Gasteiger charge is -2.45. The van der Waals surface area contributed by atoms with Crippen molar-refractivity contribution in [3.05, 3.63) is 70.2 Å². The zero-order valence-electron chi connectivity index (χ0n) is 21.8. The number of hydrogen-bond acceptors (Lipinski definition) is 5. The van der Waals surface area contributed by atoms with Crippen LogP contribution in [0.15, 0.2) is 48.5 Å². The normalized spacial score (nSPS) is 16.5. The molecule has 2 aromatic carbocycles. The Balaban J connectivity index is 1.91. The second-order valence-electron chi connectivity index (χ2n) is 9.41. The number of benzene rings is 2. The maximum Gasteiger partial charge on any atom is 0.406 e. The molecule has 0 radical (unpaired) electrons. The van der Waals surface area contributed by atoms with Gasteiger partial charge in [-0.3, -0.25) is 4.79 Å². The van der Waals surface area contributed by atoms with E-state index in [4.69, 9.17) is 16.3 Å². The first-order valence-electron chi connectivity index (χ1n) is 12.7. The fraction of sp³-hybridized carbons (Fsp3) is 0.500. The number of amides is 2. The molecule has 2 amide bonds. The molecule has 1 fully saturated rings. The number of carbonyl (C=O) groups is 2. The van der Waals surface area contributed by atoms with Gasteiger partial charge in [0.25, 0.3) is 5.91 Å². The lowest BCUT2D eigenvalue weighted by molar-refractivity contribution is 0.0500. The van der Waals surface area contributed by atoms with Crippen molar-refractivity contribution >= 4 is 46.2 Å². The van der Waals surface area contributed by atoms with Gasteiger partial charge in [-0.25, -0.2) is 4.79 Å². The number of alkyl carbamates (subject to hydrolysis) is 1. The first-order chi connectivity index (χ1) is 17.8. The molecule has 0 heterocycles. The summed E-state index contributed by atoms with van der Waals surface area (Å²) in [5.41, 5.74) is 2.34. The first kappa shape index (κ1) is 29.7. The maximum absolute atomic E-state index is 14.1. The third-order valence-electron chi connectivity index (χ3n) is 6.64. The Morgan fingerprint density at radius 2 is 1.78 bits per heavy atom. The summed E-state index contributed by atoms with van der Waals surface area (Å²) >= 11 is 8.80. The largest absolute Gasteiger partial charge is 0.453 e. The zero-order chi connectivity index (χ0) is 26.8. The van der Waals surface area contributed by atoms with E-state index in [-0.39, 0.29) is 28.6 Å². The number of nitrogens with zero attached hydrogens (tertiary/aromatic N) is 1. The Kier molecular flexibility index (Phi) is 11.5. The third kappa shape index (κ3) is 8.05. The van der Waals surface area contributed by atoms with Crippen molar-refractivity contribution in [2.45, 2.75) is 54.7 Å². The van der Waals surface area contributed by atoms with Crippen LogP contribution in [0.25, 0.3) is 0 Å². The molecule has 202 valence electrons. The molecule has 0 aliphatic heterocycles. The molecule has 1 aliphatic rings. The quantitative estimate of drug-likeness (QED) is 0.137. The predicted octanol–water partition coefficient (Wildman–Crippen LogP) is 5.95. The summed E-state index contributed by atoms with van der Waals surface area (Å²) in [7, 11) is 3.24. The van der Waals surface area contributed by atoms with E-state index < -0.39 is 12.2 Å². The van der Waals surface area contributed by atoms with E-state index in [0.717, 1.165) is 43.4 Å². The van der Waals surface area contributed by atoms with E-state index in [2.05, 4.69) is 49.8 Å². The molecule has 7 nitrogen and oxygen atoms in total. The summed E-state index contributed by atoms with van der Waals surface area (Å²) in [4.78, 5) is 27.6. The number of alkyl halides is 1. The SMILES string of the molecule is CNCC(C)N(C(=O)c1cccc([C@H](OCCNC(=O)OC)c2cccc(Cl)c2)c1)C1(I)CCCCC1. The fourth-order valence-electron chi connectivity index (χ4n) is 4.93. The molecular weight excluding hydrogens is 605 g/mol. The van der Waals surface area contributed by atoms with E-state index >= 15 is 0 Å². The van der Waals surface area contributed by atoms with E-state index in [1.165, 1.54) is 13.5 Å². The Labute approximate surface area is 238 Å². The van der Waals surface area contributed by atoms with Gasteiger partial charge < -0.3 is 25.0 Å². The summed E-state index contributed by atoms with van der Waals surface area (Å²) in [5.74, 6) is 0.0260. The lowest BCUT2D eigenvalue weighted by atomic mass is 9.92. The highest BCUT2D eigenvalue weighted by Gasteiger charge is 2.41. The molecule has 1 aliphatic carbocycles. The van der Waals surface area contributed by atoms with Gasteiger partial charge in [0.1, 0.15) is 6.10 Å². The van der Waals surface area contributed by atoms with Gasteiger partial charge in [0.2, 0.25) is 0 Å². The molecule has 2 N–H and O–H groups in total. The van der Waals surface area contributed by atoms with Crippen LogP contribution < -0.4 is 10.6 Å². The number of halogens is 2. The van der Waals surface area contributed by atoms with Gasteiger partial charge in [-0.15, -0.1) is 0 Å². The number of carbonyl (C=O) groups excluding carboxylic acids is 2. The Bertz CT molecular complexity index is 1050. The van der Waals surface area contributed by atoms with Crippen molar-refractivity contribution in [2.24, 2.45) is 0 Å². The minimum Gasteiger partial charge on any atom is -0.453 e. The van der Waals surface area contributed by atoms with Crippen LogP contribution in [0.1, 0.15) is 66.6 Å². The molecule has 0 saturated heterocycles. The van der Waals surface area contributed by atoms with Gasteiger partial charge in [-0.2, -0.15) is 0 Å². The van der Waals surface area contributed by atoms with Crippen LogP contribution in [0.4, 0.5) is 4.79 Å². The van der Waals surface area contributed by atoms with Crippen molar-refractivity contribution in [2.75, 3.05) is 33.9 Å². The average Bonchev–Trinajstić information content (AvgIpc) is 2.89. The zero-order valence-corrected chi connectivity index (χ0v) is 24.7. The van der Waals surface area contributed by atoms with Gasteiger partial charge in [0.05, 0.1) is 17.3 Å².